The first-order valence-electron chi connectivity index (χ1n) is 12.0. The summed E-state index contributed by atoms with van der Waals surface area (Å²) in [5.41, 5.74) is -1.31. The second kappa shape index (κ2) is 9.99. The summed E-state index contributed by atoms with van der Waals surface area (Å²) in [5, 5.41) is 0. The maximum absolute atomic E-state index is 15.1. The average Bonchev–Trinajstić information content (AvgIpc) is 2.72. The molecule has 4 atom stereocenters. The molecular formula is C29H39F5. The molecule has 0 bridgehead atoms. The number of hydrogen-bond acceptors (Lipinski definition) is 0. The van der Waals surface area contributed by atoms with Gasteiger partial charge in [-0.05, 0) is 47.0 Å². The largest absolute Gasteiger partial charge is 0.203 e. The van der Waals surface area contributed by atoms with Crippen molar-refractivity contribution < 1.29 is 22.0 Å². The molecule has 0 N–H and O–H groups in total. The molecule has 2 aromatic rings. The Bertz CT molecular complexity index is 955. The zero-order valence-corrected chi connectivity index (χ0v) is 21.9. The Labute approximate surface area is 202 Å². The molecule has 0 spiro atoms. The molecule has 0 aromatic heterocycles. The van der Waals surface area contributed by atoms with E-state index in [2.05, 4.69) is 32.9 Å². The Hall–Kier alpha value is -1.91. The fourth-order valence-electron chi connectivity index (χ4n) is 5.56. The van der Waals surface area contributed by atoms with E-state index in [1.165, 1.54) is 5.56 Å². The Morgan fingerprint density at radius 3 is 1.53 bits per heavy atom. The van der Waals surface area contributed by atoms with Crippen LogP contribution in [0.3, 0.4) is 0 Å². The van der Waals surface area contributed by atoms with Crippen LogP contribution in [0, 0.1) is 51.8 Å². The Balaban J connectivity index is 2.61. The molecule has 0 fully saturated rings. The highest BCUT2D eigenvalue weighted by Gasteiger charge is 2.46. The third kappa shape index (κ3) is 5.83. The van der Waals surface area contributed by atoms with Gasteiger partial charge < -0.3 is 0 Å². The van der Waals surface area contributed by atoms with E-state index in [0.29, 0.717) is 6.42 Å². The summed E-state index contributed by atoms with van der Waals surface area (Å²) in [6, 6.07) is 10.1. The Morgan fingerprint density at radius 1 is 0.676 bits per heavy atom. The van der Waals surface area contributed by atoms with Crippen molar-refractivity contribution in [1.82, 2.24) is 0 Å². The Kier molecular flexibility index (Phi) is 8.32. The van der Waals surface area contributed by atoms with Crippen molar-refractivity contribution in [1.29, 1.82) is 0 Å². The molecule has 0 nitrogen and oxygen atoms in total. The van der Waals surface area contributed by atoms with Crippen LogP contribution >= 0.6 is 0 Å². The lowest BCUT2D eigenvalue weighted by Crippen LogP contribution is -2.41. The van der Waals surface area contributed by atoms with E-state index in [-0.39, 0.29) is 29.6 Å². The molecule has 0 heterocycles. The van der Waals surface area contributed by atoms with E-state index in [1.807, 2.05) is 52.8 Å². The van der Waals surface area contributed by atoms with Gasteiger partial charge in [0.15, 0.2) is 23.3 Å². The van der Waals surface area contributed by atoms with E-state index in [9.17, 15) is 13.2 Å². The normalized spacial score (nSPS) is 17.2. The van der Waals surface area contributed by atoms with Gasteiger partial charge in [-0.15, -0.1) is 0 Å². The van der Waals surface area contributed by atoms with Crippen LogP contribution in [0.1, 0.15) is 92.2 Å². The van der Waals surface area contributed by atoms with Crippen LogP contribution in [-0.2, 0) is 5.41 Å². The van der Waals surface area contributed by atoms with Crippen molar-refractivity contribution >= 4 is 0 Å². The third-order valence-corrected chi connectivity index (χ3v) is 7.39. The second-order valence-electron chi connectivity index (χ2n) is 12.4. The van der Waals surface area contributed by atoms with E-state index >= 15 is 8.78 Å². The van der Waals surface area contributed by atoms with Crippen LogP contribution in [0.5, 0.6) is 0 Å². The fourth-order valence-corrected chi connectivity index (χ4v) is 5.56. The van der Waals surface area contributed by atoms with Gasteiger partial charge in [0.05, 0.1) is 0 Å². The lowest BCUT2D eigenvalue weighted by atomic mass is 9.59. The summed E-state index contributed by atoms with van der Waals surface area (Å²) < 4.78 is 72.5. The topological polar surface area (TPSA) is 0 Å². The number of benzene rings is 2. The average molecular weight is 483 g/mol. The molecule has 4 unspecified atom stereocenters. The summed E-state index contributed by atoms with van der Waals surface area (Å²) in [6.45, 7) is 17.7. The van der Waals surface area contributed by atoms with Crippen LogP contribution in [0.15, 0.2) is 30.3 Å². The SMILES string of the molecule is CC(CC(c1ccccc1)C(C)(C)C)C(C)C(C)(CC(C)(C)C)c1c(F)c(F)c(F)c(F)c1F. The van der Waals surface area contributed by atoms with Gasteiger partial charge in [0.1, 0.15) is 0 Å². The lowest BCUT2D eigenvalue weighted by Gasteiger charge is -2.45. The van der Waals surface area contributed by atoms with Gasteiger partial charge in [-0.3, -0.25) is 0 Å². The van der Waals surface area contributed by atoms with Crippen molar-refractivity contribution in [3.8, 4) is 0 Å². The highest BCUT2D eigenvalue weighted by atomic mass is 19.2. The van der Waals surface area contributed by atoms with Crippen molar-refractivity contribution in [2.24, 2.45) is 22.7 Å². The second-order valence-corrected chi connectivity index (χ2v) is 12.4. The molecular weight excluding hydrogens is 443 g/mol. The highest BCUT2D eigenvalue weighted by molar-refractivity contribution is 5.32. The van der Waals surface area contributed by atoms with Gasteiger partial charge in [-0.1, -0.05) is 92.6 Å². The molecule has 0 aliphatic carbocycles. The number of hydrogen-bond donors (Lipinski definition) is 0. The molecule has 5 heteroatoms. The predicted molar refractivity (Wildman–Crippen MR) is 129 cm³/mol. The lowest BCUT2D eigenvalue weighted by molar-refractivity contribution is 0.128. The fraction of sp³-hybridized carbons (Fsp3) is 0.586. The quantitative estimate of drug-likeness (QED) is 0.209. The number of rotatable bonds is 7. The maximum atomic E-state index is 15.1. The van der Waals surface area contributed by atoms with E-state index in [4.69, 9.17) is 0 Å². The summed E-state index contributed by atoms with van der Waals surface area (Å²) in [7, 11) is 0. The molecule has 2 aromatic carbocycles. The summed E-state index contributed by atoms with van der Waals surface area (Å²) in [4.78, 5) is 0. The van der Waals surface area contributed by atoms with Crippen LogP contribution in [0.2, 0.25) is 0 Å². The molecule has 2 rings (SSSR count). The molecule has 34 heavy (non-hydrogen) atoms. The van der Waals surface area contributed by atoms with Crippen LogP contribution in [-0.4, -0.2) is 0 Å². The number of halogens is 5. The molecule has 0 amide bonds. The summed E-state index contributed by atoms with van der Waals surface area (Å²) in [5.74, 6) is -9.61. The molecule has 0 radical (unpaired) electrons. The Morgan fingerprint density at radius 2 is 1.12 bits per heavy atom. The molecule has 0 saturated heterocycles. The molecule has 0 aliphatic heterocycles. The van der Waals surface area contributed by atoms with Gasteiger partial charge >= 0.3 is 0 Å². The van der Waals surface area contributed by atoms with Gasteiger partial charge in [-0.25, -0.2) is 22.0 Å². The minimum Gasteiger partial charge on any atom is -0.203 e. The minimum absolute atomic E-state index is 0.0632. The monoisotopic (exact) mass is 482 g/mol. The first kappa shape index (κ1) is 28.3. The smallest absolute Gasteiger partial charge is 0.200 e. The third-order valence-electron chi connectivity index (χ3n) is 7.39. The first-order valence-corrected chi connectivity index (χ1v) is 12.0. The van der Waals surface area contributed by atoms with Gasteiger partial charge in [-0.2, -0.15) is 0 Å². The zero-order valence-electron chi connectivity index (χ0n) is 21.9. The van der Waals surface area contributed by atoms with E-state index < -0.39 is 45.5 Å². The molecule has 0 aliphatic rings. The van der Waals surface area contributed by atoms with Crippen molar-refractivity contribution in [2.75, 3.05) is 0 Å². The van der Waals surface area contributed by atoms with Gasteiger partial charge in [0.25, 0.3) is 0 Å². The maximum Gasteiger partial charge on any atom is 0.200 e. The molecule has 190 valence electrons. The summed E-state index contributed by atoms with van der Waals surface area (Å²) in [6.07, 6.45) is 0.971. The van der Waals surface area contributed by atoms with Gasteiger partial charge in [0.2, 0.25) is 5.82 Å². The van der Waals surface area contributed by atoms with E-state index in [1.54, 1.807) is 6.92 Å². The van der Waals surface area contributed by atoms with Crippen LogP contribution < -0.4 is 0 Å². The van der Waals surface area contributed by atoms with Crippen molar-refractivity contribution in [3.05, 3.63) is 70.5 Å². The summed E-state index contributed by atoms with van der Waals surface area (Å²) >= 11 is 0. The van der Waals surface area contributed by atoms with Gasteiger partial charge in [0, 0.05) is 11.0 Å². The standard InChI is InChI=1S/C29H39F5/c1-17(15-20(28(6,7)8)19-13-11-10-12-14-19)18(2)29(9,16-27(3,4)5)21-22(30)24(32)26(34)25(33)23(21)31/h10-14,17-18,20H,15-16H2,1-9H3. The zero-order chi connectivity index (χ0) is 26.2. The molecule has 0 saturated carbocycles. The predicted octanol–water partition coefficient (Wildman–Crippen LogP) is 9.57. The van der Waals surface area contributed by atoms with Crippen LogP contribution in [0.25, 0.3) is 0 Å². The van der Waals surface area contributed by atoms with Crippen LogP contribution in [0.4, 0.5) is 22.0 Å². The van der Waals surface area contributed by atoms with Crippen molar-refractivity contribution in [3.63, 3.8) is 0 Å². The highest BCUT2D eigenvalue weighted by Crippen LogP contribution is 2.50. The first-order chi connectivity index (χ1) is 15.4. The van der Waals surface area contributed by atoms with E-state index in [0.717, 1.165) is 0 Å². The minimum atomic E-state index is -2.12. The van der Waals surface area contributed by atoms with Crippen molar-refractivity contribution in [2.45, 2.75) is 86.5 Å².